The zero-order chi connectivity index (χ0) is 17.5. The van der Waals surface area contributed by atoms with Crippen LogP contribution in [-0.4, -0.2) is 28.6 Å². The van der Waals surface area contributed by atoms with Gasteiger partial charge in [0.15, 0.2) is 6.61 Å². The summed E-state index contributed by atoms with van der Waals surface area (Å²) >= 11 is 0. The molecule has 3 aromatic rings. The summed E-state index contributed by atoms with van der Waals surface area (Å²) in [6, 6.07) is 17.3. The van der Waals surface area contributed by atoms with Gasteiger partial charge >= 0.3 is 0 Å². The van der Waals surface area contributed by atoms with Crippen molar-refractivity contribution in [2.24, 2.45) is 0 Å². The third-order valence-electron chi connectivity index (χ3n) is 3.83. The molecule has 0 radical (unpaired) electrons. The molecule has 1 N–H and O–H groups in total. The van der Waals surface area contributed by atoms with Crippen LogP contribution in [0, 0.1) is 0 Å². The van der Waals surface area contributed by atoms with Crippen molar-refractivity contribution in [2.45, 2.75) is 13.0 Å². The van der Waals surface area contributed by atoms with E-state index in [2.05, 4.69) is 21.4 Å². The standard InChI is InChI=1S/C20H21N3O2/c1-2-14-23-18-11-7-6-10-17(18)22-19(23)12-13-21-20(24)15-25-16-8-4-3-5-9-16/h2-11H,1,12-15H2,(H,21,24). The Kier molecular flexibility index (Phi) is 5.46. The molecule has 0 fully saturated rings. The number of amides is 1. The Bertz CT molecular complexity index is 856. The molecule has 2 aromatic carbocycles. The minimum absolute atomic E-state index is 0.00703. The van der Waals surface area contributed by atoms with Crippen molar-refractivity contribution in [3.8, 4) is 5.75 Å². The number of nitrogens with zero attached hydrogens (tertiary/aromatic N) is 2. The summed E-state index contributed by atoms with van der Waals surface area (Å²) < 4.78 is 7.55. The number of imidazole rings is 1. The highest BCUT2D eigenvalue weighted by atomic mass is 16.5. The zero-order valence-corrected chi connectivity index (χ0v) is 14.0. The van der Waals surface area contributed by atoms with Gasteiger partial charge in [-0.15, -0.1) is 6.58 Å². The van der Waals surface area contributed by atoms with E-state index in [9.17, 15) is 4.79 Å². The number of carbonyl (C=O) groups excluding carboxylic acids is 1. The fraction of sp³-hybridized carbons (Fsp3) is 0.200. The summed E-state index contributed by atoms with van der Waals surface area (Å²) in [6.45, 7) is 5.02. The summed E-state index contributed by atoms with van der Waals surface area (Å²) in [5.74, 6) is 1.48. The van der Waals surface area contributed by atoms with Gasteiger partial charge in [0.2, 0.25) is 0 Å². The maximum atomic E-state index is 11.9. The van der Waals surface area contributed by atoms with Crippen molar-refractivity contribution >= 4 is 16.9 Å². The smallest absolute Gasteiger partial charge is 0.257 e. The molecule has 0 aliphatic rings. The minimum atomic E-state index is -0.143. The van der Waals surface area contributed by atoms with E-state index in [1.54, 1.807) is 0 Å². The first kappa shape index (κ1) is 16.8. The van der Waals surface area contributed by atoms with Crippen LogP contribution in [0.4, 0.5) is 0 Å². The molecule has 0 unspecified atom stereocenters. The quantitative estimate of drug-likeness (QED) is 0.644. The van der Waals surface area contributed by atoms with Crippen LogP contribution in [0.1, 0.15) is 5.82 Å². The lowest BCUT2D eigenvalue weighted by Crippen LogP contribution is -2.31. The number of fused-ring (bicyclic) bond motifs is 1. The van der Waals surface area contributed by atoms with Crippen molar-refractivity contribution in [1.82, 2.24) is 14.9 Å². The minimum Gasteiger partial charge on any atom is -0.484 e. The summed E-state index contributed by atoms with van der Waals surface area (Å²) in [5.41, 5.74) is 2.04. The first-order valence-corrected chi connectivity index (χ1v) is 8.27. The van der Waals surface area contributed by atoms with Gasteiger partial charge in [-0.25, -0.2) is 4.98 Å². The fourth-order valence-corrected chi connectivity index (χ4v) is 2.68. The molecule has 0 spiro atoms. The lowest BCUT2D eigenvalue weighted by molar-refractivity contribution is -0.123. The summed E-state index contributed by atoms with van der Waals surface area (Å²) in [4.78, 5) is 16.6. The fourth-order valence-electron chi connectivity index (χ4n) is 2.68. The number of carbonyl (C=O) groups is 1. The van der Waals surface area contributed by atoms with Gasteiger partial charge in [0.25, 0.3) is 5.91 Å². The lowest BCUT2D eigenvalue weighted by atomic mass is 10.3. The molecular weight excluding hydrogens is 314 g/mol. The van der Waals surface area contributed by atoms with Gasteiger partial charge in [0.05, 0.1) is 11.0 Å². The van der Waals surface area contributed by atoms with E-state index >= 15 is 0 Å². The van der Waals surface area contributed by atoms with Gasteiger partial charge < -0.3 is 14.6 Å². The van der Waals surface area contributed by atoms with Crippen molar-refractivity contribution in [3.05, 3.63) is 73.1 Å². The number of benzene rings is 2. The Labute approximate surface area is 146 Å². The Hall–Kier alpha value is -3.08. The second-order valence-electron chi connectivity index (χ2n) is 5.62. The predicted octanol–water partition coefficient (Wildman–Crippen LogP) is 2.96. The molecule has 0 aliphatic heterocycles. The normalized spacial score (nSPS) is 10.6. The van der Waals surface area contributed by atoms with E-state index in [1.165, 1.54) is 0 Å². The van der Waals surface area contributed by atoms with E-state index in [0.717, 1.165) is 16.9 Å². The van der Waals surface area contributed by atoms with Gasteiger partial charge in [-0.3, -0.25) is 4.79 Å². The molecule has 0 aliphatic carbocycles. The molecule has 1 amide bonds. The monoisotopic (exact) mass is 335 g/mol. The third-order valence-corrected chi connectivity index (χ3v) is 3.83. The first-order chi connectivity index (χ1) is 12.3. The predicted molar refractivity (Wildman–Crippen MR) is 98.6 cm³/mol. The Morgan fingerprint density at radius 1 is 1.16 bits per heavy atom. The van der Waals surface area contributed by atoms with Crippen LogP contribution in [0.2, 0.25) is 0 Å². The first-order valence-electron chi connectivity index (χ1n) is 8.27. The third kappa shape index (κ3) is 4.26. The van der Waals surface area contributed by atoms with Crippen LogP contribution in [0.25, 0.3) is 11.0 Å². The van der Waals surface area contributed by atoms with E-state index in [1.807, 2.05) is 60.7 Å². The Morgan fingerprint density at radius 2 is 1.92 bits per heavy atom. The largest absolute Gasteiger partial charge is 0.484 e. The highest BCUT2D eigenvalue weighted by molar-refractivity contribution is 5.77. The van der Waals surface area contributed by atoms with Crippen LogP contribution >= 0.6 is 0 Å². The average Bonchev–Trinajstić information content (AvgIpc) is 2.99. The average molecular weight is 335 g/mol. The molecule has 128 valence electrons. The molecule has 5 heteroatoms. The zero-order valence-electron chi connectivity index (χ0n) is 14.0. The molecule has 25 heavy (non-hydrogen) atoms. The highest BCUT2D eigenvalue weighted by Gasteiger charge is 2.10. The van der Waals surface area contributed by atoms with Gasteiger partial charge in [-0.05, 0) is 24.3 Å². The van der Waals surface area contributed by atoms with Gasteiger partial charge in [-0.1, -0.05) is 36.4 Å². The van der Waals surface area contributed by atoms with E-state index in [4.69, 9.17) is 4.74 Å². The Balaban J connectivity index is 1.55. The molecular formula is C20H21N3O2. The molecule has 3 rings (SSSR count). The molecule has 0 atom stereocenters. The van der Waals surface area contributed by atoms with Crippen LogP contribution < -0.4 is 10.1 Å². The van der Waals surface area contributed by atoms with Crippen molar-refractivity contribution in [2.75, 3.05) is 13.2 Å². The Morgan fingerprint density at radius 3 is 2.72 bits per heavy atom. The number of para-hydroxylation sites is 3. The molecule has 5 nitrogen and oxygen atoms in total. The van der Waals surface area contributed by atoms with Crippen molar-refractivity contribution < 1.29 is 9.53 Å². The molecule has 1 aromatic heterocycles. The van der Waals surface area contributed by atoms with Crippen LogP contribution in [-0.2, 0) is 17.8 Å². The maximum Gasteiger partial charge on any atom is 0.257 e. The van der Waals surface area contributed by atoms with Crippen molar-refractivity contribution in [3.63, 3.8) is 0 Å². The topological polar surface area (TPSA) is 56.2 Å². The summed E-state index contributed by atoms with van der Waals surface area (Å²) in [7, 11) is 0. The SMILES string of the molecule is C=CCn1c(CCNC(=O)COc2ccccc2)nc2ccccc21. The van der Waals surface area contributed by atoms with Gasteiger partial charge in [0, 0.05) is 19.5 Å². The summed E-state index contributed by atoms with van der Waals surface area (Å²) in [6.07, 6.45) is 2.50. The van der Waals surface area contributed by atoms with Crippen LogP contribution in [0.3, 0.4) is 0 Å². The van der Waals surface area contributed by atoms with Gasteiger partial charge in [0.1, 0.15) is 11.6 Å². The van der Waals surface area contributed by atoms with Crippen molar-refractivity contribution in [1.29, 1.82) is 0 Å². The molecule has 0 saturated heterocycles. The molecule has 0 saturated carbocycles. The van der Waals surface area contributed by atoms with Gasteiger partial charge in [-0.2, -0.15) is 0 Å². The number of hydrogen-bond acceptors (Lipinski definition) is 3. The second kappa shape index (κ2) is 8.15. The molecule has 1 heterocycles. The lowest BCUT2D eigenvalue weighted by Gasteiger charge is -2.09. The number of nitrogens with one attached hydrogen (secondary N) is 1. The van der Waals surface area contributed by atoms with E-state index in [-0.39, 0.29) is 12.5 Å². The summed E-state index contributed by atoms with van der Waals surface area (Å²) in [5, 5.41) is 2.87. The number of allylic oxidation sites excluding steroid dienone is 1. The molecule has 0 bridgehead atoms. The second-order valence-corrected chi connectivity index (χ2v) is 5.62. The number of hydrogen-bond donors (Lipinski definition) is 1. The highest BCUT2D eigenvalue weighted by Crippen LogP contribution is 2.16. The van der Waals surface area contributed by atoms with Crippen LogP contribution in [0.15, 0.2) is 67.3 Å². The van der Waals surface area contributed by atoms with E-state index < -0.39 is 0 Å². The number of ether oxygens (including phenoxy) is 1. The van der Waals surface area contributed by atoms with E-state index in [0.29, 0.717) is 25.3 Å². The maximum absolute atomic E-state index is 11.9. The number of rotatable bonds is 8. The van der Waals surface area contributed by atoms with Crippen LogP contribution in [0.5, 0.6) is 5.75 Å². The number of aromatic nitrogens is 2.